The van der Waals surface area contributed by atoms with E-state index in [1.54, 1.807) is 0 Å². The lowest BCUT2D eigenvalue weighted by Crippen LogP contribution is -2.32. The van der Waals surface area contributed by atoms with Crippen molar-refractivity contribution in [2.75, 3.05) is 0 Å². The van der Waals surface area contributed by atoms with Crippen LogP contribution in [0.1, 0.15) is 25.8 Å². The van der Waals surface area contributed by atoms with Gasteiger partial charge in [-0.15, -0.1) is 0 Å². The summed E-state index contributed by atoms with van der Waals surface area (Å²) in [6.45, 7) is 4.25. The summed E-state index contributed by atoms with van der Waals surface area (Å²) in [7, 11) is -1.61. The summed E-state index contributed by atoms with van der Waals surface area (Å²) < 4.78 is 0. The maximum Gasteiger partial charge on any atom is 0.204 e. The third-order valence-electron chi connectivity index (χ3n) is 2.32. The smallest absolute Gasteiger partial charge is 0.204 e. The Labute approximate surface area is 82.2 Å². The van der Waals surface area contributed by atoms with Crippen molar-refractivity contribution >= 4 is 14.2 Å². The van der Waals surface area contributed by atoms with Gasteiger partial charge in [0.1, 0.15) is 0 Å². The molecule has 1 unspecified atom stereocenters. The molecule has 1 aromatic rings. The molecular weight excluding hydrogens is 176 g/mol. The molecule has 1 nitrogen and oxygen atoms in total. The second-order valence-electron chi connectivity index (χ2n) is 3.37. The fraction of sp³-hybridized carbons (Fsp3) is 0.455. The van der Waals surface area contributed by atoms with E-state index in [2.05, 4.69) is 32.0 Å². The van der Waals surface area contributed by atoms with Gasteiger partial charge in [0, 0.05) is 0 Å². The lowest BCUT2D eigenvalue weighted by molar-refractivity contribution is 0.585. The van der Waals surface area contributed by atoms with E-state index in [0.717, 1.165) is 18.9 Å². The summed E-state index contributed by atoms with van der Waals surface area (Å²) >= 11 is 0. The molecule has 1 N–H and O–H groups in total. The second-order valence-corrected chi connectivity index (χ2v) is 5.84. The molecule has 0 aliphatic rings. The van der Waals surface area contributed by atoms with Gasteiger partial charge in [0.05, 0.1) is 0 Å². The van der Waals surface area contributed by atoms with Gasteiger partial charge >= 0.3 is 0 Å². The van der Waals surface area contributed by atoms with Gasteiger partial charge < -0.3 is 4.80 Å². The number of benzene rings is 1. The summed E-state index contributed by atoms with van der Waals surface area (Å²) in [5, 5.41) is 1.24. The van der Waals surface area contributed by atoms with E-state index >= 15 is 0 Å². The van der Waals surface area contributed by atoms with Crippen molar-refractivity contribution in [2.45, 2.75) is 32.7 Å². The Kier molecular flexibility index (Phi) is 4.19. The van der Waals surface area contributed by atoms with Crippen LogP contribution in [0.5, 0.6) is 0 Å². The monoisotopic (exact) mass is 194 g/mol. The van der Waals surface area contributed by atoms with Gasteiger partial charge in [-0.25, -0.2) is 0 Å². The molecule has 2 heteroatoms. The number of rotatable bonds is 4. The van der Waals surface area contributed by atoms with Crippen LogP contribution in [0.25, 0.3) is 0 Å². The molecule has 1 atom stereocenters. The Balaban J connectivity index is 2.90. The zero-order valence-corrected chi connectivity index (χ0v) is 9.61. The van der Waals surface area contributed by atoms with E-state index < -0.39 is 9.04 Å². The largest absolute Gasteiger partial charge is 0.430 e. The number of aryl methyl sites for hydroxylation is 1. The standard InChI is InChI=1S/C11H18OSi/c1-3-7-10-8-5-6-9-11(10)13(12)4-2/h5-6,8-9,12-13H,3-4,7H2,1-2H3. The Morgan fingerprint density at radius 3 is 2.54 bits per heavy atom. The molecule has 0 aliphatic carbocycles. The molecular formula is C11H18OSi. The molecule has 72 valence electrons. The first kappa shape index (κ1) is 10.5. The van der Waals surface area contributed by atoms with Crippen LogP contribution >= 0.6 is 0 Å². The molecule has 0 aromatic heterocycles. The van der Waals surface area contributed by atoms with Gasteiger partial charge in [-0.1, -0.05) is 44.5 Å². The van der Waals surface area contributed by atoms with Crippen LogP contribution in [0.4, 0.5) is 0 Å². The maximum atomic E-state index is 9.88. The molecule has 1 rings (SSSR count). The van der Waals surface area contributed by atoms with Crippen molar-refractivity contribution < 1.29 is 4.80 Å². The lowest BCUT2D eigenvalue weighted by atomic mass is 10.1. The molecule has 0 saturated heterocycles. The predicted molar refractivity (Wildman–Crippen MR) is 59.9 cm³/mol. The molecule has 1 aromatic carbocycles. The minimum Gasteiger partial charge on any atom is -0.430 e. The number of hydrogen-bond donors (Lipinski definition) is 1. The maximum absolute atomic E-state index is 9.88. The first-order chi connectivity index (χ1) is 6.29. The zero-order chi connectivity index (χ0) is 9.68. The van der Waals surface area contributed by atoms with Gasteiger partial charge in [0.25, 0.3) is 0 Å². The minimum absolute atomic E-state index is 0.931. The summed E-state index contributed by atoms with van der Waals surface area (Å²) in [5.74, 6) is 0. The van der Waals surface area contributed by atoms with Crippen molar-refractivity contribution in [1.82, 2.24) is 0 Å². The molecule has 0 bridgehead atoms. The van der Waals surface area contributed by atoms with Gasteiger partial charge in [0.15, 0.2) is 0 Å². The fourth-order valence-electron chi connectivity index (χ4n) is 1.58. The van der Waals surface area contributed by atoms with E-state index in [0.29, 0.717) is 0 Å². The molecule has 0 saturated carbocycles. The Morgan fingerprint density at radius 1 is 1.23 bits per heavy atom. The first-order valence-electron chi connectivity index (χ1n) is 5.05. The lowest BCUT2D eigenvalue weighted by Gasteiger charge is -2.11. The molecule has 0 fully saturated rings. The fourth-order valence-corrected chi connectivity index (χ4v) is 3.02. The Hall–Kier alpha value is -0.603. The van der Waals surface area contributed by atoms with Crippen molar-refractivity contribution in [3.63, 3.8) is 0 Å². The molecule has 0 amide bonds. The van der Waals surface area contributed by atoms with Crippen molar-refractivity contribution in [1.29, 1.82) is 0 Å². The Bertz CT molecular complexity index is 260. The highest BCUT2D eigenvalue weighted by molar-refractivity contribution is 6.66. The van der Waals surface area contributed by atoms with Gasteiger partial charge in [-0.05, 0) is 23.2 Å². The SMILES string of the molecule is CCCc1ccccc1[SiH](O)CC. The highest BCUT2D eigenvalue weighted by Gasteiger charge is 2.10. The average molecular weight is 194 g/mol. The highest BCUT2D eigenvalue weighted by atomic mass is 28.3. The summed E-state index contributed by atoms with van der Waals surface area (Å²) in [4.78, 5) is 9.88. The van der Waals surface area contributed by atoms with E-state index in [1.165, 1.54) is 10.8 Å². The van der Waals surface area contributed by atoms with Crippen molar-refractivity contribution in [2.24, 2.45) is 0 Å². The van der Waals surface area contributed by atoms with E-state index in [9.17, 15) is 4.80 Å². The van der Waals surface area contributed by atoms with Crippen LogP contribution in [-0.2, 0) is 6.42 Å². The van der Waals surface area contributed by atoms with Gasteiger partial charge in [0.2, 0.25) is 9.04 Å². The zero-order valence-electron chi connectivity index (χ0n) is 8.46. The second kappa shape index (κ2) is 5.20. The highest BCUT2D eigenvalue weighted by Crippen LogP contribution is 2.02. The predicted octanol–water partition coefficient (Wildman–Crippen LogP) is 1.58. The minimum atomic E-state index is -1.61. The molecule has 0 heterocycles. The summed E-state index contributed by atoms with van der Waals surface area (Å²) in [6, 6.07) is 9.25. The number of hydrogen-bond acceptors (Lipinski definition) is 1. The van der Waals surface area contributed by atoms with Gasteiger partial charge in [-0.2, -0.15) is 0 Å². The van der Waals surface area contributed by atoms with E-state index in [4.69, 9.17) is 0 Å². The third-order valence-corrected chi connectivity index (χ3v) is 4.37. The molecule has 13 heavy (non-hydrogen) atoms. The summed E-state index contributed by atoms with van der Waals surface area (Å²) in [5.41, 5.74) is 1.35. The van der Waals surface area contributed by atoms with Crippen LogP contribution in [0.3, 0.4) is 0 Å². The topological polar surface area (TPSA) is 20.2 Å². The van der Waals surface area contributed by atoms with Crippen LogP contribution in [0.15, 0.2) is 24.3 Å². The van der Waals surface area contributed by atoms with Crippen molar-refractivity contribution in [3.05, 3.63) is 29.8 Å². The van der Waals surface area contributed by atoms with Gasteiger partial charge in [-0.3, -0.25) is 0 Å². The van der Waals surface area contributed by atoms with Crippen LogP contribution in [0, 0.1) is 0 Å². The van der Waals surface area contributed by atoms with E-state index in [1.807, 2.05) is 6.07 Å². The average Bonchev–Trinajstić information content (AvgIpc) is 2.18. The van der Waals surface area contributed by atoms with Crippen molar-refractivity contribution in [3.8, 4) is 0 Å². The molecule has 0 spiro atoms. The first-order valence-corrected chi connectivity index (χ1v) is 6.96. The Morgan fingerprint density at radius 2 is 1.92 bits per heavy atom. The normalized spacial score (nSPS) is 12.8. The van der Waals surface area contributed by atoms with Crippen LogP contribution in [-0.4, -0.2) is 13.8 Å². The third kappa shape index (κ3) is 2.67. The molecule has 0 aliphatic heterocycles. The quantitative estimate of drug-likeness (QED) is 0.722. The molecule has 0 radical (unpaired) electrons. The van der Waals surface area contributed by atoms with Crippen LogP contribution < -0.4 is 5.19 Å². The summed E-state index contributed by atoms with van der Waals surface area (Å²) in [6.07, 6.45) is 2.25. The van der Waals surface area contributed by atoms with E-state index in [-0.39, 0.29) is 0 Å². The van der Waals surface area contributed by atoms with Crippen LogP contribution in [0.2, 0.25) is 6.04 Å².